The smallest absolute Gasteiger partial charge is 0.254 e. The Balaban J connectivity index is 2.09. The molecule has 112 valence electrons. The van der Waals surface area contributed by atoms with Crippen LogP contribution in [0.3, 0.4) is 0 Å². The predicted molar refractivity (Wildman–Crippen MR) is 81.1 cm³/mol. The standard InChI is InChI=1S/C17H21FN2O/c1-11-5-8-16(12(11)2)20-17(21)14-7-6-13(4-3-9-19)10-15(14)18/h6-7,10-12,16H,5,8-9,19H2,1-2H3,(H,20,21). The summed E-state index contributed by atoms with van der Waals surface area (Å²) in [5.74, 6) is 5.53. The normalized spacial score (nSPS) is 24.3. The van der Waals surface area contributed by atoms with Gasteiger partial charge in [-0.25, -0.2) is 4.39 Å². The molecule has 0 radical (unpaired) electrons. The van der Waals surface area contributed by atoms with Gasteiger partial charge in [0.1, 0.15) is 5.82 Å². The third kappa shape index (κ3) is 3.62. The van der Waals surface area contributed by atoms with Gasteiger partial charge in [0.05, 0.1) is 12.1 Å². The average Bonchev–Trinajstić information content (AvgIpc) is 2.77. The Labute approximate surface area is 125 Å². The van der Waals surface area contributed by atoms with Gasteiger partial charge in [-0.15, -0.1) is 0 Å². The third-order valence-corrected chi connectivity index (χ3v) is 4.33. The minimum atomic E-state index is -0.546. The van der Waals surface area contributed by atoms with Crippen molar-refractivity contribution >= 4 is 5.91 Å². The Bertz CT molecular complexity index is 588. The molecule has 21 heavy (non-hydrogen) atoms. The summed E-state index contributed by atoms with van der Waals surface area (Å²) < 4.78 is 14.0. The first-order chi connectivity index (χ1) is 10.0. The molecule has 4 heteroatoms. The monoisotopic (exact) mass is 288 g/mol. The van der Waals surface area contributed by atoms with E-state index in [1.165, 1.54) is 12.1 Å². The summed E-state index contributed by atoms with van der Waals surface area (Å²) in [6, 6.07) is 4.53. The number of nitrogens with one attached hydrogen (secondary N) is 1. The second kappa shape index (κ2) is 6.73. The lowest BCUT2D eigenvalue weighted by atomic mass is 9.97. The molecule has 3 nitrogen and oxygen atoms in total. The number of halogens is 1. The second-order valence-electron chi connectivity index (χ2n) is 5.69. The first-order valence-corrected chi connectivity index (χ1v) is 7.32. The van der Waals surface area contributed by atoms with Crippen molar-refractivity contribution in [1.29, 1.82) is 0 Å². The van der Waals surface area contributed by atoms with Crippen LogP contribution in [-0.2, 0) is 0 Å². The fraction of sp³-hybridized carbons (Fsp3) is 0.471. The predicted octanol–water partition coefficient (Wildman–Crippen LogP) is 2.30. The van der Waals surface area contributed by atoms with Crippen LogP contribution in [0.25, 0.3) is 0 Å². The Morgan fingerprint density at radius 1 is 1.43 bits per heavy atom. The number of benzene rings is 1. The number of carbonyl (C=O) groups is 1. The van der Waals surface area contributed by atoms with Gasteiger partial charge in [0.2, 0.25) is 0 Å². The van der Waals surface area contributed by atoms with Crippen molar-refractivity contribution in [3.8, 4) is 11.8 Å². The maximum Gasteiger partial charge on any atom is 0.254 e. The SMILES string of the molecule is CC1CCC(NC(=O)c2ccc(C#CCN)cc2F)C1C. The first kappa shape index (κ1) is 15.5. The highest BCUT2D eigenvalue weighted by atomic mass is 19.1. The Morgan fingerprint density at radius 2 is 2.19 bits per heavy atom. The van der Waals surface area contributed by atoms with Crippen LogP contribution in [0.2, 0.25) is 0 Å². The van der Waals surface area contributed by atoms with E-state index in [0.717, 1.165) is 12.8 Å². The largest absolute Gasteiger partial charge is 0.349 e. The zero-order valence-electron chi connectivity index (χ0n) is 12.4. The van der Waals surface area contributed by atoms with E-state index in [1.54, 1.807) is 6.07 Å². The Morgan fingerprint density at radius 3 is 2.76 bits per heavy atom. The molecular weight excluding hydrogens is 267 g/mol. The Hall–Kier alpha value is -1.86. The topological polar surface area (TPSA) is 55.1 Å². The molecule has 0 heterocycles. The maximum absolute atomic E-state index is 14.0. The van der Waals surface area contributed by atoms with E-state index in [0.29, 0.717) is 17.4 Å². The number of nitrogens with two attached hydrogens (primary N) is 1. The molecule has 0 aromatic heterocycles. The molecule has 3 unspecified atom stereocenters. The first-order valence-electron chi connectivity index (χ1n) is 7.32. The summed E-state index contributed by atoms with van der Waals surface area (Å²) in [4.78, 5) is 12.2. The lowest BCUT2D eigenvalue weighted by molar-refractivity contribution is 0.0923. The summed E-state index contributed by atoms with van der Waals surface area (Å²) in [5.41, 5.74) is 5.87. The van der Waals surface area contributed by atoms with E-state index in [9.17, 15) is 9.18 Å². The molecule has 1 aliphatic carbocycles. The molecular formula is C17H21FN2O. The van der Waals surface area contributed by atoms with Crippen LogP contribution in [0.1, 0.15) is 42.6 Å². The van der Waals surface area contributed by atoms with E-state index in [4.69, 9.17) is 5.73 Å². The van der Waals surface area contributed by atoms with Crippen LogP contribution in [0.5, 0.6) is 0 Å². The average molecular weight is 288 g/mol. The van der Waals surface area contributed by atoms with E-state index < -0.39 is 5.82 Å². The van der Waals surface area contributed by atoms with Crippen LogP contribution in [0.15, 0.2) is 18.2 Å². The summed E-state index contributed by atoms with van der Waals surface area (Å²) in [6.07, 6.45) is 2.05. The third-order valence-electron chi connectivity index (χ3n) is 4.33. The molecule has 1 aromatic rings. The van der Waals surface area contributed by atoms with E-state index in [2.05, 4.69) is 31.0 Å². The fourth-order valence-corrected chi connectivity index (χ4v) is 2.74. The van der Waals surface area contributed by atoms with Gasteiger partial charge in [0.15, 0.2) is 0 Å². The Kier molecular flexibility index (Phi) is 4.98. The van der Waals surface area contributed by atoms with Gasteiger partial charge in [-0.05, 0) is 42.9 Å². The van der Waals surface area contributed by atoms with E-state index in [1.807, 2.05) is 0 Å². The van der Waals surface area contributed by atoms with E-state index >= 15 is 0 Å². The minimum absolute atomic E-state index is 0.0695. The molecule has 0 saturated heterocycles. The second-order valence-corrected chi connectivity index (χ2v) is 5.69. The molecule has 1 aromatic carbocycles. The van der Waals surface area contributed by atoms with Gasteiger partial charge >= 0.3 is 0 Å². The van der Waals surface area contributed by atoms with Gasteiger partial charge in [-0.1, -0.05) is 25.7 Å². The lowest BCUT2D eigenvalue weighted by Gasteiger charge is -2.19. The number of hydrogen-bond donors (Lipinski definition) is 2. The van der Waals surface area contributed by atoms with Crippen molar-refractivity contribution in [2.75, 3.05) is 6.54 Å². The molecule has 3 N–H and O–H groups in total. The molecule has 1 fully saturated rings. The number of carbonyl (C=O) groups excluding carboxylic acids is 1. The zero-order chi connectivity index (χ0) is 15.4. The summed E-state index contributed by atoms with van der Waals surface area (Å²) >= 11 is 0. The molecule has 3 atom stereocenters. The van der Waals surface area contributed by atoms with Crippen LogP contribution in [0.4, 0.5) is 4.39 Å². The van der Waals surface area contributed by atoms with Crippen LogP contribution in [-0.4, -0.2) is 18.5 Å². The van der Waals surface area contributed by atoms with Crippen molar-refractivity contribution in [1.82, 2.24) is 5.32 Å². The molecule has 0 aliphatic heterocycles. The molecule has 1 aliphatic rings. The van der Waals surface area contributed by atoms with Gasteiger partial charge in [0, 0.05) is 11.6 Å². The van der Waals surface area contributed by atoms with Crippen molar-refractivity contribution < 1.29 is 9.18 Å². The fourth-order valence-electron chi connectivity index (χ4n) is 2.74. The van der Waals surface area contributed by atoms with Crippen molar-refractivity contribution in [2.45, 2.75) is 32.7 Å². The number of amides is 1. The lowest BCUT2D eigenvalue weighted by Crippen LogP contribution is -2.37. The number of rotatable bonds is 2. The van der Waals surface area contributed by atoms with Crippen molar-refractivity contribution in [3.63, 3.8) is 0 Å². The summed E-state index contributed by atoms with van der Waals surface area (Å²) in [6.45, 7) is 4.54. The van der Waals surface area contributed by atoms with E-state index in [-0.39, 0.29) is 24.1 Å². The molecule has 1 saturated carbocycles. The quantitative estimate of drug-likeness (QED) is 0.820. The van der Waals surface area contributed by atoms with Crippen molar-refractivity contribution in [2.24, 2.45) is 17.6 Å². The highest BCUT2D eigenvalue weighted by Gasteiger charge is 2.31. The summed E-state index contributed by atoms with van der Waals surface area (Å²) in [5, 5.41) is 2.94. The molecule has 2 rings (SSSR count). The van der Waals surface area contributed by atoms with Gasteiger partial charge < -0.3 is 11.1 Å². The van der Waals surface area contributed by atoms with Gasteiger partial charge in [-0.3, -0.25) is 4.79 Å². The molecule has 1 amide bonds. The zero-order valence-corrected chi connectivity index (χ0v) is 12.4. The van der Waals surface area contributed by atoms with Crippen LogP contribution < -0.4 is 11.1 Å². The van der Waals surface area contributed by atoms with Crippen molar-refractivity contribution in [3.05, 3.63) is 35.1 Å². The summed E-state index contributed by atoms with van der Waals surface area (Å²) in [7, 11) is 0. The highest BCUT2D eigenvalue weighted by molar-refractivity contribution is 5.94. The molecule has 0 bridgehead atoms. The highest BCUT2D eigenvalue weighted by Crippen LogP contribution is 2.31. The van der Waals surface area contributed by atoms with Gasteiger partial charge in [-0.2, -0.15) is 0 Å². The van der Waals surface area contributed by atoms with Crippen LogP contribution >= 0.6 is 0 Å². The maximum atomic E-state index is 14.0. The molecule has 0 spiro atoms. The number of hydrogen-bond acceptors (Lipinski definition) is 2. The van der Waals surface area contributed by atoms with Crippen LogP contribution in [0, 0.1) is 29.5 Å². The van der Waals surface area contributed by atoms with Gasteiger partial charge in [0.25, 0.3) is 5.91 Å². The minimum Gasteiger partial charge on any atom is -0.349 e.